The SMILES string of the molecule is CC(C)(C(=O)O)C1CCCN(c2nn(-c3ccc(Cl)cc3)c(=O)c3ccccc23)C1. The molecule has 1 fully saturated rings. The zero-order chi connectivity index (χ0) is 21.5. The highest BCUT2D eigenvalue weighted by Crippen LogP contribution is 2.36. The molecular formula is C23H24ClN3O3. The maximum Gasteiger partial charge on any atom is 0.309 e. The first kappa shape index (κ1) is 20.4. The van der Waals surface area contributed by atoms with Crippen LogP contribution in [-0.2, 0) is 4.79 Å². The van der Waals surface area contributed by atoms with Gasteiger partial charge in [0.15, 0.2) is 5.82 Å². The lowest BCUT2D eigenvalue weighted by Gasteiger charge is -2.40. The van der Waals surface area contributed by atoms with Crippen molar-refractivity contribution in [3.8, 4) is 5.69 Å². The quantitative estimate of drug-likeness (QED) is 0.671. The molecule has 1 aliphatic rings. The van der Waals surface area contributed by atoms with E-state index >= 15 is 0 Å². The van der Waals surface area contributed by atoms with E-state index in [1.807, 2.05) is 18.2 Å². The molecule has 2 heterocycles. The van der Waals surface area contributed by atoms with Gasteiger partial charge in [0.25, 0.3) is 5.56 Å². The summed E-state index contributed by atoms with van der Waals surface area (Å²) in [7, 11) is 0. The van der Waals surface area contributed by atoms with Crippen molar-refractivity contribution < 1.29 is 9.90 Å². The van der Waals surface area contributed by atoms with Gasteiger partial charge in [0, 0.05) is 23.5 Å². The van der Waals surface area contributed by atoms with Crippen molar-refractivity contribution in [2.24, 2.45) is 11.3 Å². The molecule has 156 valence electrons. The van der Waals surface area contributed by atoms with Crippen molar-refractivity contribution in [3.63, 3.8) is 0 Å². The number of aromatic nitrogens is 2. The van der Waals surface area contributed by atoms with Crippen LogP contribution in [0.15, 0.2) is 53.3 Å². The topological polar surface area (TPSA) is 75.4 Å². The second-order valence-electron chi connectivity index (χ2n) is 8.37. The third-order valence-electron chi connectivity index (χ3n) is 6.15. The minimum Gasteiger partial charge on any atom is -0.481 e. The Balaban J connectivity index is 1.84. The van der Waals surface area contributed by atoms with Gasteiger partial charge in [0.2, 0.25) is 0 Å². The monoisotopic (exact) mass is 425 g/mol. The molecular weight excluding hydrogens is 402 g/mol. The average Bonchev–Trinajstić information content (AvgIpc) is 2.75. The highest BCUT2D eigenvalue weighted by molar-refractivity contribution is 6.30. The smallest absolute Gasteiger partial charge is 0.309 e. The number of carbonyl (C=O) groups is 1. The van der Waals surface area contributed by atoms with Gasteiger partial charge in [-0.3, -0.25) is 9.59 Å². The van der Waals surface area contributed by atoms with Crippen LogP contribution in [0, 0.1) is 11.3 Å². The van der Waals surface area contributed by atoms with Crippen molar-refractivity contribution in [3.05, 3.63) is 63.9 Å². The molecule has 0 spiro atoms. The zero-order valence-corrected chi connectivity index (χ0v) is 17.8. The number of fused-ring (bicyclic) bond motifs is 1. The number of hydrogen-bond donors (Lipinski definition) is 1. The molecule has 4 rings (SSSR count). The van der Waals surface area contributed by atoms with E-state index in [1.165, 1.54) is 4.68 Å². The van der Waals surface area contributed by atoms with Crippen molar-refractivity contribution in [2.75, 3.05) is 18.0 Å². The number of rotatable bonds is 4. The van der Waals surface area contributed by atoms with Crippen LogP contribution in [0.3, 0.4) is 0 Å². The predicted octanol–water partition coefficient (Wildman–Crippen LogP) is 4.37. The lowest BCUT2D eigenvalue weighted by atomic mass is 9.74. The van der Waals surface area contributed by atoms with Gasteiger partial charge in [-0.25, -0.2) is 0 Å². The Morgan fingerprint density at radius 3 is 2.47 bits per heavy atom. The summed E-state index contributed by atoms with van der Waals surface area (Å²) in [6.45, 7) is 4.91. The molecule has 1 unspecified atom stereocenters. The second kappa shape index (κ2) is 7.76. The molecule has 0 amide bonds. The third kappa shape index (κ3) is 3.56. The van der Waals surface area contributed by atoms with Crippen LogP contribution in [-0.4, -0.2) is 33.9 Å². The van der Waals surface area contributed by atoms with Gasteiger partial charge in [0.05, 0.1) is 16.5 Å². The number of nitrogens with zero attached hydrogens (tertiary/aromatic N) is 3. The van der Waals surface area contributed by atoms with Crippen molar-refractivity contribution in [1.82, 2.24) is 9.78 Å². The Morgan fingerprint density at radius 1 is 1.13 bits per heavy atom. The Morgan fingerprint density at radius 2 is 1.80 bits per heavy atom. The number of aliphatic carboxylic acids is 1. The minimum atomic E-state index is -0.834. The van der Waals surface area contributed by atoms with Gasteiger partial charge >= 0.3 is 5.97 Å². The first-order valence-electron chi connectivity index (χ1n) is 10.1. The molecule has 0 radical (unpaired) electrons. The van der Waals surface area contributed by atoms with Crippen molar-refractivity contribution in [1.29, 1.82) is 0 Å². The first-order chi connectivity index (χ1) is 14.3. The van der Waals surface area contributed by atoms with Gasteiger partial charge in [-0.1, -0.05) is 29.8 Å². The van der Waals surface area contributed by atoms with E-state index in [0.717, 1.165) is 24.8 Å². The highest BCUT2D eigenvalue weighted by Gasteiger charge is 2.39. The van der Waals surface area contributed by atoms with Crippen LogP contribution in [0.4, 0.5) is 5.82 Å². The van der Waals surface area contributed by atoms with E-state index in [0.29, 0.717) is 28.5 Å². The molecule has 2 aromatic carbocycles. The molecule has 1 atom stereocenters. The van der Waals surface area contributed by atoms with Gasteiger partial charge < -0.3 is 10.0 Å². The summed E-state index contributed by atoms with van der Waals surface area (Å²) >= 11 is 6.01. The largest absolute Gasteiger partial charge is 0.481 e. The molecule has 1 aromatic heterocycles. The Labute approximate surface area is 179 Å². The number of hydrogen-bond acceptors (Lipinski definition) is 4. The first-order valence-corrected chi connectivity index (χ1v) is 10.4. The standard InChI is InChI=1S/C23H24ClN3O3/c1-23(2,22(29)30)15-6-5-13-26(14-15)20-18-7-3-4-8-19(18)21(28)27(25-20)17-11-9-16(24)10-12-17/h3-4,7-12,15H,5-6,13-14H2,1-2H3,(H,29,30). The summed E-state index contributed by atoms with van der Waals surface area (Å²) in [6, 6.07) is 14.4. The Bertz CT molecular complexity index is 1150. The lowest BCUT2D eigenvalue weighted by Crippen LogP contribution is -2.45. The maximum absolute atomic E-state index is 13.1. The zero-order valence-electron chi connectivity index (χ0n) is 17.0. The predicted molar refractivity (Wildman–Crippen MR) is 119 cm³/mol. The molecule has 30 heavy (non-hydrogen) atoms. The number of piperidine rings is 1. The van der Waals surface area contributed by atoms with Crippen molar-refractivity contribution in [2.45, 2.75) is 26.7 Å². The maximum atomic E-state index is 13.1. The molecule has 0 bridgehead atoms. The van der Waals surface area contributed by atoms with E-state index < -0.39 is 11.4 Å². The van der Waals surface area contributed by atoms with E-state index in [4.69, 9.17) is 16.7 Å². The highest BCUT2D eigenvalue weighted by atomic mass is 35.5. The van der Waals surface area contributed by atoms with Crippen LogP contribution in [0.1, 0.15) is 26.7 Å². The van der Waals surface area contributed by atoms with Crippen LogP contribution in [0.5, 0.6) is 0 Å². The van der Waals surface area contributed by atoms with Gasteiger partial charge in [-0.15, -0.1) is 5.10 Å². The third-order valence-corrected chi connectivity index (χ3v) is 6.40. The van der Waals surface area contributed by atoms with Crippen LogP contribution in [0.25, 0.3) is 16.5 Å². The van der Waals surface area contributed by atoms with E-state index in [1.54, 1.807) is 44.2 Å². The average molecular weight is 426 g/mol. The summed E-state index contributed by atoms with van der Waals surface area (Å²) in [5, 5.41) is 16.4. The molecule has 1 saturated heterocycles. The Hall–Kier alpha value is -2.86. The normalized spacial score (nSPS) is 17.3. The summed E-state index contributed by atoms with van der Waals surface area (Å²) in [4.78, 5) is 27.0. The summed E-state index contributed by atoms with van der Waals surface area (Å²) < 4.78 is 1.40. The number of carboxylic acid groups (broad SMARTS) is 1. The Kier molecular flexibility index (Phi) is 5.28. The van der Waals surface area contributed by atoms with Crippen molar-refractivity contribution >= 4 is 34.2 Å². The molecule has 3 aromatic rings. The fourth-order valence-corrected chi connectivity index (χ4v) is 4.22. The minimum absolute atomic E-state index is 0.0137. The molecule has 1 N–H and O–H groups in total. The van der Waals surface area contributed by atoms with E-state index in [-0.39, 0.29) is 11.5 Å². The molecule has 1 aliphatic heterocycles. The van der Waals surface area contributed by atoms with Crippen LogP contribution < -0.4 is 10.5 Å². The van der Waals surface area contributed by atoms with Crippen LogP contribution >= 0.6 is 11.6 Å². The number of anilines is 1. The lowest BCUT2D eigenvalue weighted by molar-refractivity contribution is -0.150. The van der Waals surface area contributed by atoms with Gasteiger partial charge in [0.1, 0.15) is 0 Å². The van der Waals surface area contributed by atoms with Gasteiger partial charge in [-0.2, -0.15) is 4.68 Å². The van der Waals surface area contributed by atoms with Crippen LogP contribution in [0.2, 0.25) is 5.02 Å². The second-order valence-corrected chi connectivity index (χ2v) is 8.81. The number of carboxylic acids is 1. The van der Waals surface area contributed by atoms with E-state index in [2.05, 4.69) is 4.90 Å². The summed E-state index contributed by atoms with van der Waals surface area (Å²) in [5.74, 6) is -0.107. The summed E-state index contributed by atoms with van der Waals surface area (Å²) in [5.41, 5.74) is -0.397. The molecule has 0 aliphatic carbocycles. The molecule has 6 nitrogen and oxygen atoms in total. The summed E-state index contributed by atoms with van der Waals surface area (Å²) in [6.07, 6.45) is 1.72. The molecule has 7 heteroatoms. The fraction of sp³-hybridized carbons (Fsp3) is 0.348. The van der Waals surface area contributed by atoms with Gasteiger partial charge in [-0.05, 0) is 62.9 Å². The fourth-order valence-electron chi connectivity index (χ4n) is 4.10. The number of benzene rings is 2. The van der Waals surface area contributed by atoms with E-state index in [9.17, 15) is 14.7 Å². The number of halogens is 1. The molecule has 0 saturated carbocycles.